The van der Waals surface area contributed by atoms with Gasteiger partial charge in [0.2, 0.25) is 0 Å². The molecule has 0 rings (SSSR count). The first-order valence-corrected chi connectivity index (χ1v) is 6.99. The first-order valence-electron chi connectivity index (χ1n) is 5.59. The van der Waals surface area contributed by atoms with Gasteiger partial charge >= 0.3 is 25.4 Å². The van der Waals surface area contributed by atoms with Crippen molar-refractivity contribution in [3.8, 4) is 0 Å². The number of hydrogen-bond donors (Lipinski definition) is 2. The molecule has 0 aliphatic heterocycles. The Kier molecular flexibility index (Phi) is 28.6. The van der Waals surface area contributed by atoms with Gasteiger partial charge in [0.15, 0.2) is 0 Å². The number of carboxylic acids is 3. The molecular formula is C11H21NO6SZn. The van der Waals surface area contributed by atoms with Crippen molar-refractivity contribution in [1.82, 2.24) is 0 Å². The fraction of sp³-hybridized carbons (Fsp3) is 0.727. The zero-order chi connectivity index (χ0) is 15.8. The molecule has 20 heavy (non-hydrogen) atoms. The average Bonchev–Trinajstić information content (AvgIpc) is 2.36. The minimum atomic E-state index is -0.995. The van der Waals surface area contributed by atoms with Crippen LogP contribution in [-0.2, 0) is 33.9 Å². The Morgan fingerprint density at radius 2 is 1.45 bits per heavy atom. The first-order chi connectivity index (χ1) is 8.72. The van der Waals surface area contributed by atoms with Crippen LogP contribution in [0.25, 0.3) is 0 Å². The van der Waals surface area contributed by atoms with Crippen molar-refractivity contribution in [1.29, 1.82) is 0 Å². The van der Waals surface area contributed by atoms with E-state index in [1.165, 1.54) is 13.8 Å². The summed E-state index contributed by atoms with van der Waals surface area (Å²) in [4.78, 5) is 28.6. The molecule has 0 aromatic heterocycles. The third-order valence-corrected chi connectivity index (χ3v) is 2.17. The first kappa shape index (κ1) is 27.6. The third-order valence-electron chi connectivity index (χ3n) is 1.53. The van der Waals surface area contributed by atoms with E-state index in [1.807, 2.05) is 6.26 Å². The van der Waals surface area contributed by atoms with Gasteiger partial charge in [0.05, 0.1) is 0 Å². The molecule has 0 aromatic rings. The topological polar surface area (TPSA) is 144 Å². The van der Waals surface area contributed by atoms with Gasteiger partial charge in [-0.05, 0) is 31.3 Å². The van der Waals surface area contributed by atoms with E-state index in [2.05, 4.69) is 0 Å². The Morgan fingerprint density at radius 1 is 1.15 bits per heavy atom. The van der Waals surface area contributed by atoms with Crippen LogP contribution in [0.3, 0.4) is 0 Å². The van der Waals surface area contributed by atoms with E-state index < -0.39 is 23.9 Å². The Morgan fingerprint density at radius 3 is 1.60 bits per heavy atom. The van der Waals surface area contributed by atoms with Gasteiger partial charge in [-0.3, -0.25) is 4.79 Å². The summed E-state index contributed by atoms with van der Waals surface area (Å²) in [7, 11) is 0. The number of hydrogen-bond acceptors (Lipinski definition) is 7. The van der Waals surface area contributed by atoms with E-state index >= 15 is 0 Å². The largest absolute Gasteiger partial charge is 2.00 e. The Hall–Kier alpha value is -0.657. The van der Waals surface area contributed by atoms with Crippen LogP contribution in [0.2, 0.25) is 0 Å². The number of carboxylic acid groups (broad SMARTS) is 3. The summed E-state index contributed by atoms with van der Waals surface area (Å²) < 4.78 is 0. The fourth-order valence-electron chi connectivity index (χ4n) is 0.368. The maximum Gasteiger partial charge on any atom is 2.00 e. The number of thioether (sulfide) groups is 1. The Bertz CT molecular complexity index is 251. The summed E-state index contributed by atoms with van der Waals surface area (Å²) in [5, 5.41) is 26.8. The second-order valence-corrected chi connectivity index (χ2v) is 4.16. The van der Waals surface area contributed by atoms with Crippen LogP contribution in [0.5, 0.6) is 0 Å². The number of carbonyl (C=O) groups is 3. The van der Waals surface area contributed by atoms with Crippen molar-refractivity contribution in [3.05, 3.63) is 0 Å². The van der Waals surface area contributed by atoms with Crippen LogP contribution in [0.1, 0.15) is 33.1 Å². The van der Waals surface area contributed by atoms with Crippen molar-refractivity contribution in [2.45, 2.75) is 39.2 Å². The molecule has 0 heterocycles. The molecule has 1 atom stereocenters. The molecule has 114 valence electrons. The molecule has 0 saturated heterocycles. The summed E-state index contributed by atoms with van der Waals surface area (Å²) in [6.45, 7) is 3.07. The van der Waals surface area contributed by atoms with Crippen molar-refractivity contribution in [2.24, 2.45) is 5.73 Å². The fourth-order valence-corrected chi connectivity index (χ4v) is 0.858. The summed E-state index contributed by atoms with van der Waals surface area (Å²) in [6, 6.07) is -0.683. The molecule has 0 saturated carbocycles. The van der Waals surface area contributed by atoms with Gasteiger partial charge in [-0.15, -0.1) is 0 Å². The molecule has 0 aromatic carbocycles. The van der Waals surface area contributed by atoms with Crippen LogP contribution in [-0.4, -0.2) is 41.1 Å². The maximum absolute atomic E-state index is 10.1. The van der Waals surface area contributed by atoms with Gasteiger partial charge in [-0.1, -0.05) is 13.8 Å². The molecular weight excluding hydrogens is 340 g/mol. The maximum atomic E-state index is 10.1. The molecule has 0 aliphatic rings. The van der Waals surface area contributed by atoms with Gasteiger partial charge in [0.25, 0.3) is 0 Å². The van der Waals surface area contributed by atoms with E-state index in [-0.39, 0.29) is 32.3 Å². The number of rotatable bonds is 6. The molecule has 9 heteroatoms. The third kappa shape index (κ3) is 36.0. The number of nitrogens with two attached hydrogens (primary N) is 1. The average molecular weight is 361 g/mol. The molecule has 0 spiro atoms. The number of carbonyl (C=O) groups excluding carboxylic acids is 2. The normalized spacial score (nSPS) is 9.60. The summed E-state index contributed by atoms with van der Waals surface area (Å²) in [5.74, 6) is -2.09. The predicted octanol–water partition coefficient (Wildman–Crippen LogP) is -1.56. The van der Waals surface area contributed by atoms with E-state index in [0.29, 0.717) is 6.42 Å². The number of aliphatic carboxylic acids is 3. The standard InChI is InChI=1S/C5H11NO2S.2C3H6O2.Zn/c1-9-3-2-4(6)5(7)8;2*1-2-3(4)5;/h4H,2-3,6H2,1H3,(H,7,8);2*2H2,1H3,(H,4,5);/q;;;+2/p-2/t4-;;;/m0.../s1. The SMILES string of the molecule is CCC(=O)[O-].CCC(=O)[O-].CSCC[C@H](N)C(=O)O.[Zn+2]. The zero-order valence-corrected chi connectivity index (χ0v) is 15.9. The molecule has 0 fully saturated rings. The molecule has 3 N–H and O–H groups in total. The van der Waals surface area contributed by atoms with Crippen LogP contribution < -0.4 is 15.9 Å². The zero-order valence-electron chi connectivity index (χ0n) is 12.1. The molecule has 0 radical (unpaired) electrons. The minimum absolute atomic E-state index is 0. The summed E-state index contributed by atoms with van der Waals surface area (Å²) >= 11 is 1.60. The van der Waals surface area contributed by atoms with Gasteiger partial charge < -0.3 is 30.6 Å². The Labute approximate surface area is 136 Å². The van der Waals surface area contributed by atoms with E-state index in [1.54, 1.807) is 11.8 Å². The van der Waals surface area contributed by atoms with Gasteiger partial charge in [0.1, 0.15) is 6.04 Å². The molecule has 0 aliphatic carbocycles. The van der Waals surface area contributed by atoms with E-state index in [4.69, 9.17) is 10.8 Å². The Balaban J connectivity index is -0.000000101. The monoisotopic (exact) mass is 359 g/mol. The van der Waals surface area contributed by atoms with Gasteiger partial charge in [-0.2, -0.15) is 11.8 Å². The van der Waals surface area contributed by atoms with Crippen LogP contribution in [0.15, 0.2) is 0 Å². The molecule has 0 bridgehead atoms. The van der Waals surface area contributed by atoms with Crippen LogP contribution in [0, 0.1) is 0 Å². The second-order valence-electron chi connectivity index (χ2n) is 3.18. The van der Waals surface area contributed by atoms with Crippen LogP contribution >= 0.6 is 11.8 Å². The van der Waals surface area contributed by atoms with Gasteiger partial charge in [0, 0.05) is 11.9 Å². The van der Waals surface area contributed by atoms with E-state index in [0.717, 1.165) is 5.75 Å². The molecule has 0 amide bonds. The van der Waals surface area contributed by atoms with Crippen molar-refractivity contribution >= 4 is 29.7 Å². The molecule has 7 nitrogen and oxygen atoms in total. The van der Waals surface area contributed by atoms with Gasteiger partial charge in [-0.25, -0.2) is 0 Å². The second kappa shape index (κ2) is 20.7. The summed E-state index contributed by atoms with van der Waals surface area (Å²) in [6.07, 6.45) is 2.70. The van der Waals surface area contributed by atoms with Crippen LogP contribution in [0.4, 0.5) is 0 Å². The van der Waals surface area contributed by atoms with Crippen molar-refractivity contribution in [3.63, 3.8) is 0 Å². The van der Waals surface area contributed by atoms with Crippen molar-refractivity contribution in [2.75, 3.05) is 12.0 Å². The van der Waals surface area contributed by atoms with Crippen molar-refractivity contribution < 1.29 is 49.2 Å². The quantitative estimate of drug-likeness (QED) is 0.541. The predicted molar refractivity (Wildman–Crippen MR) is 69.2 cm³/mol. The smallest absolute Gasteiger partial charge is 0.550 e. The van der Waals surface area contributed by atoms with E-state index in [9.17, 15) is 24.6 Å². The minimum Gasteiger partial charge on any atom is -0.550 e. The molecule has 0 unspecified atom stereocenters. The summed E-state index contributed by atoms with van der Waals surface area (Å²) in [5.41, 5.74) is 5.19.